The maximum atomic E-state index is 12.6. The Kier molecular flexibility index (Phi) is 4.88. The highest BCUT2D eigenvalue weighted by molar-refractivity contribution is 5.88. The van der Waals surface area contributed by atoms with Gasteiger partial charge in [-0.3, -0.25) is 4.79 Å². The molecule has 3 rings (SSSR count). The van der Waals surface area contributed by atoms with Crippen molar-refractivity contribution in [2.24, 2.45) is 0 Å². The Hall–Kier alpha value is -3.02. The fourth-order valence-electron chi connectivity index (χ4n) is 2.74. The molecule has 1 N–H and O–H groups in total. The molecule has 25 heavy (non-hydrogen) atoms. The normalized spacial score (nSPS) is 12.0. The van der Waals surface area contributed by atoms with Crippen LogP contribution in [0, 0.1) is 0 Å². The number of nitrogens with zero attached hydrogens (tertiary/aromatic N) is 1. The zero-order valence-corrected chi connectivity index (χ0v) is 13.9. The molecule has 2 aromatic carbocycles. The summed E-state index contributed by atoms with van der Waals surface area (Å²) in [5, 5.41) is 9.05. The zero-order chi connectivity index (χ0) is 17.8. The molecule has 0 aliphatic carbocycles. The molecule has 1 aliphatic rings. The molecule has 6 heteroatoms. The van der Waals surface area contributed by atoms with E-state index in [-0.39, 0.29) is 24.7 Å². The molecule has 1 amide bonds. The fraction of sp³-hybridized carbons (Fsp3) is 0.263. The van der Waals surface area contributed by atoms with Crippen LogP contribution >= 0.6 is 0 Å². The third kappa shape index (κ3) is 3.91. The van der Waals surface area contributed by atoms with Gasteiger partial charge in [-0.15, -0.1) is 0 Å². The number of benzene rings is 2. The van der Waals surface area contributed by atoms with Gasteiger partial charge in [-0.25, -0.2) is 4.79 Å². The minimum atomic E-state index is -0.998. The summed E-state index contributed by atoms with van der Waals surface area (Å²) < 4.78 is 10.7. The van der Waals surface area contributed by atoms with E-state index in [1.807, 2.05) is 25.1 Å². The second-order valence-corrected chi connectivity index (χ2v) is 5.78. The van der Waals surface area contributed by atoms with Crippen molar-refractivity contribution in [2.75, 3.05) is 13.3 Å². The number of aromatic carboxylic acids is 1. The van der Waals surface area contributed by atoms with Crippen molar-refractivity contribution in [3.63, 3.8) is 0 Å². The summed E-state index contributed by atoms with van der Waals surface area (Å²) in [4.78, 5) is 25.4. The Bertz CT molecular complexity index is 802. The molecule has 1 heterocycles. The second-order valence-electron chi connectivity index (χ2n) is 5.78. The standard InChI is InChI=1S/C19H19NO5/c1-2-20(11-14-6-7-16-17(9-14)25-12-24-16)18(21)10-13-4-3-5-15(8-13)19(22)23/h3-9H,2,10-12H2,1H3,(H,22,23). The number of ether oxygens (including phenoxy) is 2. The van der Waals surface area contributed by atoms with Crippen LogP contribution in [0.1, 0.15) is 28.4 Å². The van der Waals surface area contributed by atoms with E-state index < -0.39 is 5.97 Å². The van der Waals surface area contributed by atoms with E-state index in [1.165, 1.54) is 12.1 Å². The number of hydrogen-bond donors (Lipinski definition) is 1. The van der Waals surface area contributed by atoms with Crippen molar-refractivity contribution in [3.05, 3.63) is 59.2 Å². The molecule has 0 fully saturated rings. The summed E-state index contributed by atoms with van der Waals surface area (Å²) in [6.45, 7) is 3.16. The largest absolute Gasteiger partial charge is 0.478 e. The van der Waals surface area contributed by atoms with Gasteiger partial charge in [0.05, 0.1) is 12.0 Å². The number of rotatable bonds is 6. The molecule has 2 aromatic rings. The topological polar surface area (TPSA) is 76.1 Å². The molecule has 0 bridgehead atoms. The molecule has 0 unspecified atom stereocenters. The molecule has 0 saturated carbocycles. The Morgan fingerprint density at radius 2 is 1.88 bits per heavy atom. The van der Waals surface area contributed by atoms with Crippen molar-refractivity contribution in [1.29, 1.82) is 0 Å². The lowest BCUT2D eigenvalue weighted by molar-refractivity contribution is -0.130. The average molecular weight is 341 g/mol. The van der Waals surface area contributed by atoms with Gasteiger partial charge >= 0.3 is 5.97 Å². The predicted octanol–water partition coefficient (Wildman–Crippen LogP) is 2.70. The van der Waals surface area contributed by atoms with E-state index >= 15 is 0 Å². The molecule has 0 spiro atoms. The van der Waals surface area contributed by atoms with E-state index in [9.17, 15) is 9.59 Å². The van der Waals surface area contributed by atoms with Gasteiger partial charge in [0.15, 0.2) is 11.5 Å². The minimum Gasteiger partial charge on any atom is -0.478 e. The Balaban J connectivity index is 1.69. The summed E-state index contributed by atoms with van der Waals surface area (Å²) in [6.07, 6.45) is 0.166. The van der Waals surface area contributed by atoms with Crippen LogP contribution in [-0.4, -0.2) is 35.2 Å². The number of carboxylic acid groups (broad SMARTS) is 1. The number of amides is 1. The molecule has 1 aliphatic heterocycles. The highest BCUT2D eigenvalue weighted by Crippen LogP contribution is 2.32. The fourth-order valence-corrected chi connectivity index (χ4v) is 2.74. The Morgan fingerprint density at radius 1 is 1.08 bits per heavy atom. The first kappa shape index (κ1) is 16.8. The van der Waals surface area contributed by atoms with Gasteiger partial charge in [0, 0.05) is 13.1 Å². The lowest BCUT2D eigenvalue weighted by atomic mass is 10.1. The molecule has 0 atom stereocenters. The lowest BCUT2D eigenvalue weighted by Gasteiger charge is -2.21. The van der Waals surface area contributed by atoms with Crippen LogP contribution in [0.15, 0.2) is 42.5 Å². The molecule has 0 radical (unpaired) electrons. The van der Waals surface area contributed by atoms with E-state index in [0.717, 1.165) is 5.56 Å². The first-order chi connectivity index (χ1) is 12.1. The summed E-state index contributed by atoms with van der Waals surface area (Å²) in [6, 6.07) is 12.1. The second kappa shape index (κ2) is 7.25. The van der Waals surface area contributed by atoms with Crippen LogP contribution in [0.3, 0.4) is 0 Å². The van der Waals surface area contributed by atoms with Gasteiger partial charge in [-0.1, -0.05) is 18.2 Å². The molecule has 0 saturated heterocycles. The average Bonchev–Trinajstić information content (AvgIpc) is 3.07. The molecule has 130 valence electrons. The van der Waals surface area contributed by atoms with Gasteiger partial charge in [-0.2, -0.15) is 0 Å². The van der Waals surface area contributed by atoms with Crippen LogP contribution in [0.2, 0.25) is 0 Å². The van der Waals surface area contributed by atoms with Crippen molar-refractivity contribution in [2.45, 2.75) is 19.9 Å². The smallest absolute Gasteiger partial charge is 0.335 e. The Morgan fingerprint density at radius 3 is 2.64 bits per heavy atom. The monoisotopic (exact) mass is 341 g/mol. The summed E-state index contributed by atoms with van der Waals surface area (Å²) in [5.41, 5.74) is 1.83. The summed E-state index contributed by atoms with van der Waals surface area (Å²) in [7, 11) is 0. The van der Waals surface area contributed by atoms with Gasteiger partial charge in [0.2, 0.25) is 12.7 Å². The zero-order valence-electron chi connectivity index (χ0n) is 13.9. The third-order valence-electron chi connectivity index (χ3n) is 4.07. The Labute approximate surface area is 145 Å². The highest BCUT2D eigenvalue weighted by atomic mass is 16.7. The van der Waals surface area contributed by atoms with E-state index in [0.29, 0.717) is 30.2 Å². The van der Waals surface area contributed by atoms with Crippen LogP contribution in [0.25, 0.3) is 0 Å². The number of fused-ring (bicyclic) bond motifs is 1. The van der Waals surface area contributed by atoms with Gasteiger partial charge in [-0.05, 0) is 42.3 Å². The third-order valence-corrected chi connectivity index (χ3v) is 4.07. The molecular weight excluding hydrogens is 322 g/mol. The van der Waals surface area contributed by atoms with E-state index in [1.54, 1.807) is 17.0 Å². The van der Waals surface area contributed by atoms with Gasteiger partial charge in [0.25, 0.3) is 0 Å². The number of carbonyl (C=O) groups is 2. The maximum Gasteiger partial charge on any atom is 0.335 e. The van der Waals surface area contributed by atoms with Crippen molar-refractivity contribution in [3.8, 4) is 11.5 Å². The first-order valence-electron chi connectivity index (χ1n) is 8.05. The quantitative estimate of drug-likeness (QED) is 0.874. The van der Waals surface area contributed by atoms with Crippen LogP contribution in [-0.2, 0) is 17.8 Å². The van der Waals surface area contributed by atoms with E-state index in [2.05, 4.69) is 0 Å². The van der Waals surface area contributed by atoms with Gasteiger partial charge in [0.1, 0.15) is 0 Å². The summed E-state index contributed by atoms with van der Waals surface area (Å²) >= 11 is 0. The number of hydrogen-bond acceptors (Lipinski definition) is 4. The minimum absolute atomic E-state index is 0.0531. The van der Waals surface area contributed by atoms with E-state index in [4.69, 9.17) is 14.6 Å². The number of likely N-dealkylation sites (N-methyl/N-ethyl adjacent to an activating group) is 1. The van der Waals surface area contributed by atoms with Crippen LogP contribution in [0.5, 0.6) is 11.5 Å². The van der Waals surface area contributed by atoms with Crippen LogP contribution in [0.4, 0.5) is 0 Å². The highest BCUT2D eigenvalue weighted by Gasteiger charge is 2.17. The SMILES string of the molecule is CCN(Cc1ccc2c(c1)OCO2)C(=O)Cc1cccc(C(=O)O)c1. The van der Waals surface area contributed by atoms with Crippen molar-refractivity contribution >= 4 is 11.9 Å². The van der Waals surface area contributed by atoms with Gasteiger partial charge < -0.3 is 19.5 Å². The lowest BCUT2D eigenvalue weighted by Crippen LogP contribution is -2.31. The molecular formula is C19H19NO5. The molecule has 0 aromatic heterocycles. The maximum absolute atomic E-state index is 12.6. The molecule has 6 nitrogen and oxygen atoms in total. The number of carboxylic acids is 1. The number of carbonyl (C=O) groups excluding carboxylic acids is 1. The van der Waals surface area contributed by atoms with Crippen LogP contribution < -0.4 is 9.47 Å². The predicted molar refractivity (Wildman–Crippen MR) is 90.8 cm³/mol. The van der Waals surface area contributed by atoms with Crippen molar-refractivity contribution < 1.29 is 24.2 Å². The van der Waals surface area contributed by atoms with Crippen molar-refractivity contribution in [1.82, 2.24) is 4.90 Å². The first-order valence-corrected chi connectivity index (χ1v) is 8.05. The summed E-state index contributed by atoms with van der Waals surface area (Å²) in [5.74, 6) is 0.350.